The molecule has 11 heteroatoms. The third kappa shape index (κ3) is 6.30. The van der Waals surface area contributed by atoms with Gasteiger partial charge in [-0.05, 0) is 44.9 Å². The number of carbonyl (C=O) groups excluding carboxylic acids is 2. The van der Waals surface area contributed by atoms with Crippen LogP contribution in [0.1, 0.15) is 41.4 Å². The molecule has 0 spiro atoms. The van der Waals surface area contributed by atoms with Crippen molar-refractivity contribution in [3.63, 3.8) is 0 Å². The maximum absolute atomic E-state index is 12.7. The molecule has 166 valence electrons. The first-order valence-corrected chi connectivity index (χ1v) is 9.86. The van der Waals surface area contributed by atoms with Crippen LogP contribution in [-0.2, 0) is 11.0 Å². The van der Waals surface area contributed by atoms with Gasteiger partial charge in [0.25, 0.3) is 5.91 Å². The number of hydrogen-bond acceptors (Lipinski definition) is 5. The van der Waals surface area contributed by atoms with Crippen LogP contribution in [0.15, 0.2) is 24.4 Å². The monoisotopic (exact) mass is 456 g/mol. The Morgan fingerprint density at radius 1 is 1.29 bits per heavy atom. The molecule has 0 aliphatic heterocycles. The van der Waals surface area contributed by atoms with E-state index in [-0.39, 0.29) is 29.3 Å². The Bertz CT molecular complexity index is 996. The molecule has 0 aromatic carbocycles. The normalized spacial score (nSPS) is 14.6. The highest BCUT2D eigenvalue weighted by Crippen LogP contribution is 2.33. The zero-order valence-corrected chi connectivity index (χ0v) is 17.5. The van der Waals surface area contributed by atoms with Crippen molar-refractivity contribution in [2.45, 2.75) is 38.9 Å². The molecule has 1 aliphatic carbocycles. The second kappa shape index (κ2) is 9.09. The smallest absolute Gasteiger partial charge is 0.417 e. The fraction of sp³-hybridized carbons (Fsp3) is 0.400. The quantitative estimate of drug-likeness (QED) is 0.656. The number of hydrogen-bond donors (Lipinski definition) is 2. The van der Waals surface area contributed by atoms with E-state index < -0.39 is 23.7 Å². The van der Waals surface area contributed by atoms with Crippen LogP contribution in [0.25, 0.3) is 0 Å². The molecule has 1 fully saturated rings. The summed E-state index contributed by atoms with van der Waals surface area (Å²) in [5, 5.41) is 5.13. The van der Waals surface area contributed by atoms with E-state index >= 15 is 0 Å². The van der Waals surface area contributed by atoms with Crippen LogP contribution >= 0.6 is 11.6 Å². The average molecular weight is 457 g/mol. The number of rotatable bonds is 7. The summed E-state index contributed by atoms with van der Waals surface area (Å²) < 4.78 is 43.4. The second-order valence-corrected chi connectivity index (χ2v) is 7.75. The van der Waals surface area contributed by atoms with Gasteiger partial charge in [-0.3, -0.25) is 9.59 Å². The van der Waals surface area contributed by atoms with E-state index in [9.17, 15) is 22.8 Å². The first-order valence-electron chi connectivity index (χ1n) is 9.49. The van der Waals surface area contributed by atoms with Crippen LogP contribution in [0.4, 0.5) is 19.0 Å². The average Bonchev–Trinajstić information content (AvgIpc) is 3.51. The number of halogens is 4. The van der Waals surface area contributed by atoms with Crippen molar-refractivity contribution in [2.24, 2.45) is 5.92 Å². The number of anilines is 1. The van der Waals surface area contributed by atoms with Gasteiger partial charge in [0.15, 0.2) is 0 Å². The van der Waals surface area contributed by atoms with E-state index in [1.165, 1.54) is 6.07 Å². The number of alkyl halides is 3. The molecule has 31 heavy (non-hydrogen) atoms. The topological polar surface area (TPSA) is 93.2 Å². The molecule has 2 N–H and O–H groups in total. The van der Waals surface area contributed by atoms with Gasteiger partial charge in [0.1, 0.15) is 17.4 Å². The molecule has 0 unspecified atom stereocenters. The minimum atomic E-state index is -4.56. The predicted molar refractivity (Wildman–Crippen MR) is 107 cm³/mol. The molecule has 2 aromatic heterocycles. The van der Waals surface area contributed by atoms with Gasteiger partial charge in [0, 0.05) is 23.4 Å². The zero-order chi connectivity index (χ0) is 22.8. The van der Waals surface area contributed by atoms with Gasteiger partial charge in [0.2, 0.25) is 11.8 Å². The lowest BCUT2D eigenvalue weighted by Crippen LogP contribution is -2.37. The minimum absolute atomic E-state index is 0.00221. The van der Waals surface area contributed by atoms with Gasteiger partial charge in [-0.15, -0.1) is 0 Å². The van der Waals surface area contributed by atoms with Crippen LogP contribution in [0.3, 0.4) is 0 Å². The van der Waals surface area contributed by atoms with Crippen LogP contribution < -0.4 is 15.4 Å². The summed E-state index contributed by atoms with van der Waals surface area (Å²) in [5.41, 5.74) is -0.122. The van der Waals surface area contributed by atoms with Gasteiger partial charge in [0.05, 0.1) is 11.6 Å². The number of aromatic nitrogens is 2. The van der Waals surface area contributed by atoms with Crippen molar-refractivity contribution in [1.29, 1.82) is 0 Å². The first kappa shape index (κ1) is 22.8. The van der Waals surface area contributed by atoms with E-state index in [2.05, 4.69) is 20.6 Å². The summed E-state index contributed by atoms with van der Waals surface area (Å²) in [6.07, 6.45) is -2.24. The number of pyridine rings is 2. The molecule has 2 heterocycles. The summed E-state index contributed by atoms with van der Waals surface area (Å²) in [4.78, 5) is 32.3. The van der Waals surface area contributed by atoms with Crippen molar-refractivity contribution in [3.8, 4) is 5.88 Å². The highest BCUT2D eigenvalue weighted by atomic mass is 35.5. The van der Waals surface area contributed by atoms with E-state index in [4.69, 9.17) is 16.3 Å². The predicted octanol–water partition coefficient (Wildman–Crippen LogP) is 4.00. The number of aryl methyl sites for hydroxylation is 1. The summed E-state index contributed by atoms with van der Waals surface area (Å²) in [6.45, 7) is 3.28. The molecule has 1 aliphatic rings. The molecule has 7 nitrogen and oxygen atoms in total. The molecule has 0 bridgehead atoms. The van der Waals surface area contributed by atoms with Crippen molar-refractivity contribution in [1.82, 2.24) is 15.3 Å². The van der Waals surface area contributed by atoms with Gasteiger partial charge in [-0.1, -0.05) is 11.6 Å². The molecule has 1 atom stereocenters. The van der Waals surface area contributed by atoms with Crippen LogP contribution in [0, 0.1) is 12.8 Å². The molecule has 3 rings (SSSR count). The molecular formula is C20H20ClF3N4O3. The maximum Gasteiger partial charge on any atom is 0.417 e. The SMILES string of the molecule is Cc1cc(C(=O)N[C@H](C)COc2ncc(C(F)(F)F)cc2Cl)cc(NC(=O)C2CC2)n1. The zero-order valence-electron chi connectivity index (χ0n) is 16.7. The van der Waals surface area contributed by atoms with Gasteiger partial charge >= 0.3 is 6.18 Å². The van der Waals surface area contributed by atoms with Gasteiger partial charge in [-0.2, -0.15) is 13.2 Å². The van der Waals surface area contributed by atoms with Crippen molar-refractivity contribution in [2.75, 3.05) is 11.9 Å². The number of carbonyl (C=O) groups is 2. The third-order valence-electron chi connectivity index (χ3n) is 4.40. The fourth-order valence-electron chi connectivity index (χ4n) is 2.68. The Kier molecular flexibility index (Phi) is 6.68. The number of amides is 2. The Balaban J connectivity index is 1.58. The highest BCUT2D eigenvalue weighted by Gasteiger charge is 2.32. The number of nitrogens with zero attached hydrogens (tertiary/aromatic N) is 2. The molecule has 2 amide bonds. The molecular weight excluding hydrogens is 437 g/mol. The molecule has 2 aromatic rings. The molecule has 0 saturated heterocycles. The summed E-state index contributed by atoms with van der Waals surface area (Å²) in [5.74, 6) is -0.406. The van der Waals surface area contributed by atoms with Crippen LogP contribution in [-0.4, -0.2) is 34.4 Å². The van der Waals surface area contributed by atoms with Gasteiger partial charge in [-0.25, -0.2) is 9.97 Å². The lowest BCUT2D eigenvalue weighted by atomic mass is 10.2. The summed E-state index contributed by atoms with van der Waals surface area (Å²) >= 11 is 5.81. The van der Waals surface area contributed by atoms with E-state index in [0.29, 0.717) is 23.3 Å². The first-order chi connectivity index (χ1) is 14.5. The Labute approximate surface area is 181 Å². The van der Waals surface area contributed by atoms with Crippen molar-refractivity contribution in [3.05, 3.63) is 46.2 Å². The Morgan fingerprint density at radius 2 is 2.00 bits per heavy atom. The van der Waals surface area contributed by atoms with Crippen molar-refractivity contribution < 1.29 is 27.5 Å². The van der Waals surface area contributed by atoms with Crippen LogP contribution in [0.2, 0.25) is 5.02 Å². The maximum atomic E-state index is 12.7. The van der Waals surface area contributed by atoms with E-state index in [0.717, 1.165) is 18.9 Å². The molecule has 1 saturated carbocycles. The minimum Gasteiger partial charge on any atom is -0.474 e. The fourth-order valence-corrected chi connectivity index (χ4v) is 2.90. The van der Waals surface area contributed by atoms with E-state index in [1.54, 1.807) is 19.9 Å². The highest BCUT2D eigenvalue weighted by molar-refractivity contribution is 6.31. The number of ether oxygens (including phenoxy) is 1. The second-order valence-electron chi connectivity index (χ2n) is 7.34. The van der Waals surface area contributed by atoms with Gasteiger partial charge < -0.3 is 15.4 Å². The standard InChI is InChI=1S/C20H20ClF3N4O3/c1-10-5-13(6-16(26-10)28-17(29)12-3-4-12)18(30)27-11(2)9-31-19-15(21)7-14(8-25-19)20(22,23)24/h5-8,11-12H,3-4,9H2,1-2H3,(H,27,30)(H,26,28,29)/t11-/m1/s1. The lowest BCUT2D eigenvalue weighted by molar-refractivity contribution is -0.137. The van der Waals surface area contributed by atoms with Crippen molar-refractivity contribution >= 4 is 29.2 Å². The summed E-state index contributed by atoms with van der Waals surface area (Å²) in [7, 11) is 0. The molecule has 0 radical (unpaired) electrons. The number of nitrogens with one attached hydrogen (secondary N) is 2. The Hall–Kier alpha value is -2.88. The largest absolute Gasteiger partial charge is 0.474 e. The van der Waals surface area contributed by atoms with E-state index in [1.807, 2.05) is 0 Å². The Morgan fingerprint density at radius 3 is 2.61 bits per heavy atom. The lowest BCUT2D eigenvalue weighted by Gasteiger charge is -2.16. The summed E-state index contributed by atoms with van der Waals surface area (Å²) in [6, 6.07) is 3.27. The third-order valence-corrected chi connectivity index (χ3v) is 4.67. The van der Waals surface area contributed by atoms with Crippen LogP contribution in [0.5, 0.6) is 5.88 Å².